The van der Waals surface area contributed by atoms with E-state index in [2.05, 4.69) is 20.0 Å². The predicted molar refractivity (Wildman–Crippen MR) is 87.2 cm³/mol. The molecule has 2 unspecified atom stereocenters. The largest absolute Gasteiger partial charge is 0.350 e. The number of nitrogens with zero attached hydrogens (tertiary/aromatic N) is 3. The number of halogens is 1. The molecule has 6 nitrogen and oxygen atoms in total. The third-order valence-electron chi connectivity index (χ3n) is 3.89. The first kappa shape index (κ1) is 15.7. The lowest BCUT2D eigenvalue weighted by Gasteiger charge is -2.27. The summed E-state index contributed by atoms with van der Waals surface area (Å²) in [6, 6.07) is 6.91. The molecular formula is C16H15ClN4O2. The Morgan fingerprint density at radius 2 is 2.00 bits per heavy atom. The predicted octanol–water partition coefficient (Wildman–Crippen LogP) is 3.19. The first-order valence-electron chi connectivity index (χ1n) is 6.99. The van der Waals surface area contributed by atoms with Gasteiger partial charge in [0.25, 0.3) is 6.04 Å². The van der Waals surface area contributed by atoms with Gasteiger partial charge in [-0.2, -0.15) is 5.10 Å². The van der Waals surface area contributed by atoms with Gasteiger partial charge in [0.1, 0.15) is 0 Å². The Morgan fingerprint density at radius 3 is 2.65 bits per heavy atom. The van der Waals surface area contributed by atoms with E-state index in [0.717, 1.165) is 11.1 Å². The second-order valence-electron chi connectivity index (χ2n) is 5.09. The van der Waals surface area contributed by atoms with Gasteiger partial charge in [-0.15, -0.1) is 0 Å². The van der Waals surface area contributed by atoms with Gasteiger partial charge in [-0.25, -0.2) is 11.6 Å². The van der Waals surface area contributed by atoms with Crippen LogP contribution in [0.5, 0.6) is 0 Å². The fraction of sp³-hybridized carbons (Fsp3) is 0.312. The van der Waals surface area contributed by atoms with E-state index in [0.29, 0.717) is 16.6 Å². The summed E-state index contributed by atoms with van der Waals surface area (Å²) in [5.41, 5.74) is 2.21. The third kappa shape index (κ3) is 2.63. The fourth-order valence-corrected chi connectivity index (χ4v) is 3.13. The Bertz CT molecular complexity index is 776. The van der Waals surface area contributed by atoms with E-state index >= 15 is 0 Å². The maximum absolute atomic E-state index is 7.68. The van der Waals surface area contributed by atoms with Crippen molar-refractivity contribution < 1.29 is 9.47 Å². The lowest BCUT2D eigenvalue weighted by atomic mass is 9.82. The standard InChI is InChI=1S/C16H15ClN4O2/c1-18-13-12(9-6-4-5-7-11(9)17)10-8-19-21-15(10)20-14(13)16(22-2)23-3/h4-8,12-13,16H,2-3H3,(H,19,21). The lowest BCUT2D eigenvalue weighted by molar-refractivity contribution is -0.0535. The Hall–Kier alpha value is -2.20. The zero-order chi connectivity index (χ0) is 16.4. The van der Waals surface area contributed by atoms with Crippen molar-refractivity contribution in [1.82, 2.24) is 10.2 Å². The summed E-state index contributed by atoms with van der Waals surface area (Å²) in [4.78, 5) is 8.28. The molecule has 2 heterocycles. The lowest BCUT2D eigenvalue weighted by Crippen LogP contribution is -2.39. The van der Waals surface area contributed by atoms with Crippen molar-refractivity contribution in [2.75, 3.05) is 14.2 Å². The number of nitrogens with one attached hydrogen (secondary N) is 1. The average molecular weight is 331 g/mol. The van der Waals surface area contributed by atoms with Crippen molar-refractivity contribution in [1.29, 1.82) is 0 Å². The zero-order valence-electron chi connectivity index (χ0n) is 12.7. The van der Waals surface area contributed by atoms with Crippen molar-refractivity contribution in [3.05, 3.63) is 58.0 Å². The van der Waals surface area contributed by atoms with Gasteiger partial charge in [0.15, 0.2) is 11.5 Å². The number of aromatic nitrogens is 2. The van der Waals surface area contributed by atoms with Crippen LogP contribution in [-0.4, -0.2) is 42.5 Å². The summed E-state index contributed by atoms with van der Waals surface area (Å²) < 4.78 is 10.6. The Kier molecular flexibility index (Phi) is 4.44. The molecule has 0 saturated carbocycles. The van der Waals surface area contributed by atoms with E-state index in [1.165, 1.54) is 14.2 Å². The molecule has 1 aromatic carbocycles. The van der Waals surface area contributed by atoms with Crippen molar-refractivity contribution >= 4 is 23.1 Å². The molecule has 1 aromatic heterocycles. The molecule has 2 aromatic rings. The van der Waals surface area contributed by atoms with Crippen LogP contribution in [0.2, 0.25) is 5.02 Å². The third-order valence-corrected chi connectivity index (χ3v) is 4.24. The molecule has 1 N–H and O–H groups in total. The number of fused-ring (bicyclic) bond motifs is 1. The molecular weight excluding hydrogens is 316 g/mol. The molecule has 118 valence electrons. The van der Waals surface area contributed by atoms with Crippen LogP contribution in [0.25, 0.3) is 4.85 Å². The second kappa shape index (κ2) is 6.50. The Morgan fingerprint density at radius 1 is 1.26 bits per heavy atom. The van der Waals surface area contributed by atoms with E-state index in [9.17, 15) is 0 Å². The summed E-state index contributed by atoms with van der Waals surface area (Å²) in [6.45, 7) is 7.68. The topological polar surface area (TPSA) is 63.9 Å². The molecule has 2 atom stereocenters. The van der Waals surface area contributed by atoms with Gasteiger partial charge in [0.05, 0.1) is 12.1 Å². The first-order chi connectivity index (χ1) is 11.2. The number of rotatable bonds is 4. The van der Waals surface area contributed by atoms with Crippen molar-refractivity contribution in [2.24, 2.45) is 4.99 Å². The summed E-state index contributed by atoms with van der Waals surface area (Å²) in [7, 11) is 3.04. The molecule has 0 bridgehead atoms. The average Bonchev–Trinajstić information content (AvgIpc) is 3.03. The number of aromatic amines is 1. The van der Waals surface area contributed by atoms with Gasteiger partial charge in [0, 0.05) is 24.8 Å². The minimum absolute atomic E-state index is 0.282. The Balaban J connectivity index is 2.18. The van der Waals surface area contributed by atoms with Gasteiger partial charge in [-0.3, -0.25) is 5.10 Å². The van der Waals surface area contributed by atoms with Crippen LogP contribution in [0.15, 0.2) is 35.5 Å². The number of methoxy groups -OCH3 is 2. The summed E-state index contributed by atoms with van der Waals surface area (Å²) in [5.74, 6) is 0.319. The minimum Gasteiger partial charge on any atom is -0.350 e. The van der Waals surface area contributed by atoms with Crippen LogP contribution < -0.4 is 0 Å². The summed E-state index contributed by atoms with van der Waals surface area (Å²) in [6.07, 6.45) is 0.992. The molecule has 0 saturated heterocycles. The number of benzene rings is 1. The normalized spacial score (nSPS) is 20.0. The van der Waals surface area contributed by atoms with Crippen LogP contribution in [0.1, 0.15) is 17.0 Å². The van der Waals surface area contributed by atoms with Crippen molar-refractivity contribution in [3.8, 4) is 0 Å². The van der Waals surface area contributed by atoms with Crippen molar-refractivity contribution in [3.63, 3.8) is 0 Å². The Labute approximate surface area is 138 Å². The highest BCUT2D eigenvalue weighted by molar-refractivity contribution is 6.31. The molecule has 7 heteroatoms. The molecule has 0 aliphatic carbocycles. The van der Waals surface area contributed by atoms with E-state index in [4.69, 9.17) is 27.6 Å². The van der Waals surface area contributed by atoms with Crippen molar-refractivity contribution in [2.45, 2.75) is 18.2 Å². The quantitative estimate of drug-likeness (QED) is 0.691. The maximum atomic E-state index is 7.68. The smallest absolute Gasteiger partial charge is 0.277 e. The van der Waals surface area contributed by atoms with E-state index in [1.54, 1.807) is 6.20 Å². The zero-order valence-corrected chi connectivity index (χ0v) is 13.4. The monoisotopic (exact) mass is 330 g/mol. The molecule has 23 heavy (non-hydrogen) atoms. The van der Waals surface area contributed by atoms with Crippen LogP contribution in [0.4, 0.5) is 5.82 Å². The van der Waals surface area contributed by atoms with E-state index < -0.39 is 12.3 Å². The minimum atomic E-state index is -0.699. The molecule has 0 amide bonds. The van der Waals surface area contributed by atoms with Gasteiger partial charge >= 0.3 is 0 Å². The van der Waals surface area contributed by atoms with E-state index in [-0.39, 0.29) is 5.92 Å². The van der Waals surface area contributed by atoms with Gasteiger partial charge in [-0.1, -0.05) is 29.8 Å². The summed E-state index contributed by atoms with van der Waals surface area (Å²) in [5, 5.41) is 7.53. The van der Waals surface area contributed by atoms with Crippen LogP contribution >= 0.6 is 11.6 Å². The molecule has 0 fully saturated rings. The fourth-order valence-electron chi connectivity index (χ4n) is 2.88. The van der Waals surface area contributed by atoms with E-state index in [1.807, 2.05) is 24.3 Å². The van der Waals surface area contributed by atoms with Crippen LogP contribution in [0.3, 0.4) is 0 Å². The number of aliphatic imine (C=N–C) groups is 1. The molecule has 0 spiro atoms. The molecule has 3 rings (SSSR count). The maximum Gasteiger partial charge on any atom is 0.277 e. The summed E-state index contributed by atoms with van der Waals surface area (Å²) >= 11 is 6.37. The highest BCUT2D eigenvalue weighted by Crippen LogP contribution is 2.42. The number of ether oxygens (including phenoxy) is 2. The number of hydrogen-bond acceptors (Lipinski definition) is 4. The van der Waals surface area contributed by atoms with Gasteiger partial charge < -0.3 is 14.3 Å². The second-order valence-corrected chi connectivity index (χ2v) is 5.49. The molecule has 0 radical (unpaired) electrons. The highest BCUT2D eigenvalue weighted by Gasteiger charge is 2.44. The van der Waals surface area contributed by atoms with Crippen LogP contribution in [-0.2, 0) is 9.47 Å². The van der Waals surface area contributed by atoms with Gasteiger partial charge in [0.2, 0.25) is 6.29 Å². The van der Waals surface area contributed by atoms with Crippen LogP contribution in [0, 0.1) is 6.57 Å². The number of H-pyrrole nitrogens is 1. The molecule has 1 aliphatic heterocycles. The SMILES string of the molecule is [C-]#[N+]C1C(C(OC)OC)=Nc2[nH]ncc2C1c1ccccc1Cl. The molecule has 1 aliphatic rings. The number of hydrogen-bond donors (Lipinski definition) is 1. The highest BCUT2D eigenvalue weighted by atomic mass is 35.5. The van der Waals surface area contributed by atoms with Gasteiger partial charge in [-0.05, 0) is 11.6 Å². The first-order valence-corrected chi connectivity index (χ1v) is 7.37.